The number of ketones is 1. The number of esters is 4. The van der Waals surface area contributed by atoms with Crippen molar-refractivity contribution in [1.29, 1.82) is 0 Å². The first-order valence-corrected chi connectivity index (χ1v) is 13.9. The van der Waals surface area contributed by atoms with E-state index in [0.29, 0.717) is 31.3 Å². The molecule has 4 aliphatic rings. The maximum absolute atomic E-state index is 14.3. The Morgan fingerprint density at radius 1 is 0.875 bits per heavy atom. The maximum Gasteiger partial charge on any atom is 0.321 e. The topological polar surface area (TPSA) is 122 Å². The van der Waals surface area contributed by atoms with Crippen LogP contribution in [0.25, 0.3) is 0 Å². The van der Waals surface area contributed by atoms with E-state index in [1.165, 1.54) is 28.1 Å². The molecule has 0 aromatic heterocycles. The fourth-order valence-corrected chi connectivity index (χ4v) is 9.56. The van der Waals surface area contributed by atoms with Crippen molar-refractivity contribution in [2.24, 2.45) is 38.9 Å². The Labute approximate surface area is 236 Å². The zero-order valence-corrected chi connectivity index (χ0v) is 25.3. The lowest BCUT2D eigenvalue weighted by Gasteiger charge is -2.68. The molecule has 0 N–H and O–H groups in total. The number of methoxy groups -OCH3 is 2. The van der Waals surface area contributed by atoms with Crippen molar-refractivity contribution in [3.05, 3.63) is 23.0 Å². The Kier molecular flexibility index (Phi) is 6.96. The van der Waals surface area contributed by atoms with Crippen molar-refractivity contribution in [2.45, 2.75) is 87.2 Å². The summed E-state index contributed by atoms with van der Waals surface area (Å²) in [7, 11) is 2.63. The molecule has 0 bridgehead atoms. The monoisotopic (exact) mass is 558 g/mol. The minimum Gasteiger partial charge on any atom is -0.469 e. The molecule has 40 heavy (non-hydrogen) atoms. The lowest BCUT2D eigenvalue weighted by atomic mass is 9.33. The van der Waals surface area contributed by atoms with E-state index in [2.05, 4.69) is 0 Å². The van der Waals surface area contributed by atoms with E-state index in [4.69, 9.17) is 18.9 Å². The first-order chi connectivity index (χ1) is 18.5. The molecule has 2 saturated carbocycles. The molecular formula is C31H42O9. The molecule has 2 unspecified atom stereocenters. The zero-order chi connectivity index (χ0) is 30.2. The number of hydrogen-bond acceptors (Lipinski definition) is 9. The first kappa shape index (κ1) is 30.0. The van der Waals surface area contributed by atoms with Gasteiger partial charge in [0, 0.05) is 30.8 Å². The Morgan fingerprint density at radius 3 is 2.00 bits per heavy atom. The maximum atomic E-state index is 14.3. The predicted octanol–water partition coefficient (Wildman–Crippen LogP) is 4.48. The summed E-state index contributed by atoms with van der Waals surface area (Å²) in [6, 6.07) is 0. The second kappa shape index (κ2) is 9.28. The zero-order valence-electron chi connectivity index (χ0n) is 25.3. The standard InChI is InChI=1S/C31H42O9/c1-16-15-21-28(7,31(26(36)38-10)24(40-19(4)33)17(2)23(34)29(16,31)8)13-11-20-27(5,6)22(39-18(3)32)12-14-30(20,21)25(35)37-9/h15,20-22H,11-14H2,1-10H3/t20?,21?,22-,28-,29-,30-,31+/m0/s1. The third kappa shape index (κ3) is 3.29. The van der Waals surface area contributed by atoms with Gasteiger partial charge in [-0.25, -0.2) is 0 Å². The molecule has 2 fully saturated rings. The average molecular weight is 559 g/mol. The van der Waals surface area contributed by atoms with Crippen molar-refractivity contribution < 1.29 is 42.9 Å². The molecular weight excluding hydrogens is 516 g/mol. The lowest BCUT2D eigenvalue weighted by Crippen LogP contribution is -2.71. The summed E-state index contributed by atoms with van der Waals surface area (Å²) in [6.45, 7) is 13.7. The molecule has 0 aromatic carbocycles. The minimum absolute atomic E-state index is 0.00521. The molecule has 9 nitrogen and oxygen atoms in total. The van der Waals surface area contributed by atoms with Gasteiger partial charge in [0.25, 0.3) is 0 Å². The van der Waals surface area contributed by atoms with Crippen molar-refractivity contribution in [3.8, 4) is 0 Å². The third-order valence-electron chi connectivity index (χ3n) is 11.3. The predicted molar refractivity (Wildman–Crippen MR) is 143 cm³/mol. The highest BCUT2D eigenvalue weighted by atomic mass is 16.6. The van der Waals surface area contributed by atoms with Gasteiger partial charge in [0.2, 0.25) is 0 Å². The van der Waals surface area contributed by atoms with Gasteiger partial charge in [-0.1, -0.05) is 32.4 Å². The summed E-state index contributed by atoms with van der Waals surface area (Å²) in [6.07, 6.45) is 3.24. The molecule has 0 aliphatic heterocycles. The first-order valence-electron chi connectivity index (χ1n) is 13.9. The number of allylic oxidation sites excluding steroid dienone is 3. The van der Waals surface area contributed by atoms with E-state index < -0.39 is 57.0 Å². The number of rotatable bonds is 4. The smallest absolute Gasteiger partial charge is 0.321 e. The molecule has 7 atom stereocenters. The van der Waals surface area contributed by atoms with Crippen LogP contribution in [0, 0.1) is 38.9 Å². The average Bonchev–Trinajstić information content (AvgIpc) is 3.05. The normalized spacial score (nSPS) is 39.7. The molecule has 0 aromatic rings. The Bertz CT molecular complexity index is 1260. The van der Waals surface area contributed by atoms with Crippen LogP contribution in [-0.4, -0.2) is 50.0 Å². The van der Waals surface area contributed by atoms with Gasteiger partial charge in [0.15, 0.2) is 5.78 Å². The van der Waals surface area contributed by atoms with Gasteiger partial charge in [-0.2, -0.15) is 0 Å². The Balaban J connectivity index is 2.08. The summed E-state index contributed by atoms with van der Waals surface area (Å²) >= 11 is 0. The van der Waals surface area contributed by atoms with E-state index in [0.717, 1.165) is 0 Å². The fourth-order valence-electron chi connectivity index (χ4n) is 9.56. The SMILES string of the molecule is COC(=O)[C@@]12CC[C@H](OC(C)=O)C(C)(C)C1CC[C@@]1(C)C2C=C(C)[C@@]2(C)C(=O)C(C)=C(OC(C)=O)[C@]21C(=O)OC. The number of Topliss-reactive ketones (excluding diaryl/α,β-unsaturated/α-hetero) is 1. The van der Waals surface area contributed by atoms with Gasteiger partial charge >= 0.3 is 23.9 Å². The quantitative estimate of drug-likeness (QED) is 0.279. The lowest BCUT2D eigenvalue weighted by molar-refractivity contribution is -0.231. The van der Waals surface area contributed by atoms with Crippen molar-refractivity contribution in [3.63, 3.8) is 0 Å². The second-order valence-electron chi connectivity index (χ2n) is 13.1. The van der Waals surface area contributed by atoms with Crippen LogP contribution in [0.5, 0.6) is 0 Å². The fraction of sp³-hybridized carbons (Fsp3) is 0.710. The van der Waals surface area contributed by atoms with Crippen molar-refractivity contribution in [1.82, 2.24) is 0 Å². The third-order valence-corrected chi connectivity index (χ3v) is 11.3. The highest BCUT2D eigenvalue weighted by molar-refractivity contribution is 6.11. The van der Waals surface area contributed by atoms with Crippen LogP contribution in [0.1, 0.15) is 81.1 Å². The minimum atomic E-state index is -1.70. The van der Waals surface area contributed by atoms with Crippen LogP contribution < -0.4 is 0 Å². The van der Waals surface area contributed by atoms with Crippen LogP contribution in [0.15, 0.2) is 23.0 Å². The van der Waals surface area contributed by atoms with Crippen LogP contribution >= 0.6 is 0 Å². The van der Waals surface area contributed by atoms with Gasteiger partial charge in [-0.05, 0) is 57.8 Å². The van der Waals surface area contributed by atoms with Gasteiger partial charge in [0.05, 0.1) is 25.0 Å². The Hall–Kier alpha value is -2.97. The van der Waals surface area contributed by atoms with Crippen LogP contribution in [0.2, 0.25) is 0 Å². The summed E-state index contributed by atoms with van der Waals surface area (Å²) in [5, 5.41) is 0. The van der Waals surface area contributed by atoms with Crippen molar-refractivity contribution >= 4 is 29.7 Å². The highest BCUT2D eigenvalue weighted by Crippen LogP contribution is 2.78. The van der Waals surface area contributed by atoms with E-state index in [1.54, 1.807) is 20.8 Å². The highest BCUT2D eigenvalue weighted by Gasteiger charge is 2.82. The summed E-state index contributed by atoms with van der Waals surface area (Å²) in [5.41, 5.74) is -5.07. The van der Waals surface area contributed by atoms with Gasteiger partial charge in [-0.15, -0.1) is 0 Å². The molecule has 0 saturated heterocycles. The summed E-state index contributed by atoms with van der Waals surface area (Å²) in [4.78, 5) is 66.9. The molecule has 0 amide bonds. The molecule has 0 spiro atoms. The van der Waals surface area contributed by atoms with Crippen molar-refractivity contribution in [2.75, 3.05) is 14.2 Å². The van der Waals surface area contributed by atoms with Crippen LogP contribution in [0.4, 0.5) is 0 Å². The number of ether oxygens (including phenoxy) is 4. The van der Waals surface area contributed by atoms with Crippen LogP contribution in [0.3, 0.4) is 0 Å². The van der Waals surface area contributed by atoms with Crippen LogP contribution in [-0.2, 0) is 42.9 Å². The summed E-state index contributed by atoms with van der Waals surface area (Å²) in [5.74, 6) is -3.28. The van der Waals surface area contributed by atoms with E-state index in [-0.39, 0.29) is 29.0 Å². The van der Waals surface area contributed by atoms with E-state index >= 15 is 0 Å². The van der Waals surface area contributed by atoms with E-state index in [9.17, 15) is 24.0 Å². The Morgan fingerprint density at radius 2 is 1.48 bits per heavy atom. The number of hydrogen-bond donors (Lipinski definition) is 0. The molecule has 0 heterocycles. The van der Waals surface area contributed by atoms with Gasteiger partial charge in [0.1, 0.15) is 17.3 Å². The molecule has 9 heteroatoms. The second-order valence-corrected chi connectivity index (χ2v) is 13.1. The number of carbonyl (C=O) groups excluding carboxylic acids is 5. The molecule has 0 radical (unpaired) electrons. The van der Waals surface area contributed by atoms with E-state index in [1.807, 2.05) is 26.8 Å². The summed E-state index contributed by atoms with van der Waals surface area (Å²) < 4.78 is 22.5. The van der Waals surface area contributed by atoms with Gasteiger partial charge < -0.3 is 18.9 Å². The number of fused-ring (bicyclic) bond motifs is 5. The largest absolute Gasteiger partial charge is 0.469 e. The molecule has 4 aliphatic carbocycles. The molecule has 4 rings (SSSR count). The number of carbonyl (C=O) groups is 5. The molecule has 220 valence electrons. The van der Waals surface area contributed by atoms with Gasteiger partial charge in [-0.3, -0.25) is 24.0 Å².